The number of nitrogens with one attached hydrogen (secondary N) is 2. The van der Waals surface area contributed by atoms with Crippen molar-refractivity contribution in [2.75, 3.05) is 6.54 Å². The van der Waals surface area contributed by atoms with E-state index in [0.29, 0.717) is 28.3 Å². The van der Waals surface area contributed by atoms with Crippen LogP contribution in [0.1, 0.15) is 54.4 Å². The summed E-state index contributed by atoms with van der Waals surface area (Å²) in [5.74, 6) is -0.145. The number of fused-ring (bicyclic) bond motifs is 1. The SMILES string of the molecule is Cc1noc2nc(C3CC3)cc(C(=O)NCC(=O)NC(C)C)c12. The fourth-order valence-electron chi connectivity index (χ4n) is 2.51. The molecule has 7 heteroatoms. The normalized spacial score (nSPS) is 14.3. The fraction of sp³-hybridized carbons (Fsp3) is 0.500. The van der Waals surface area contributed by atoms with Crippen LogP contribution in [0.5, 0.6) is 0 Å². The molecule has 0 spiro atoms. The standard InChI is InChI=1S/C16H20N4O3/c1-8(2)18-13(21)7-17-15(22)11-6-12(10-4-5-10)19-16-14(11)9(3)20-23-16/h6,8,10H,4-5,7H2,1-3H3,(H,17,22)(H,18,21). The van der Waals surface area contributed by atoms with E-state index in [9.17, 15) is 9.59 Å². The van der Waals surface area contributed by atoms with Gasteiger partial charge in [0.25, 0.3) is 11.6 Å². The first kappa shape index (κ1) is 15.5. The van der Waals surface area contributed by atoms with Gasteiger partial charge in [0.1, 0.15) is 0 Å². The second-order valence-electron chi connectivity index (χ2n) is 6.22. The minimum absolute atomic E-state index is 0.0359. The molecule has 3 rings (SSSR count). The summed E-state index contributed by atoms with van der Waals surface area (Å²) in [4.78, 5) is 28.6. The van der Waals surface area contributed by atoms with Gasteiger partial charge in [0.2, 0.25) is 5.91 Å². The van der Waals surface area contributed by atoms with Gasteiger partial charge in [-0.25, -0.2) is 4.98 Å². The van der Waals surface area contributed by atoms with Crippen LogP contribution in [0.15, 0.2) is 10.6 Å². The number of carbonyl (C=O) groups excluding carboxylic acids is 2. The Hall–Kier alpha value is -2.44. The van der Waals surface area contributed by atoms with Crippen LogP contribution < -0.4 is 10.6 Å². The highest BCUT2D eigenvalue weighted by atomic mass is 16.5. The summed E-state index contributed by atoms with van der Waals surface area (Å²) in [5, 5.41) is 9.89. The maximum atomic E-state index is 12.5. The van der Waals surface area contributed by atoms with E-state index in [1.165, 1.54) is 0 Å². The Balaban J connectivity index is 1.84. The zero-order chi connectivity index (χ0) is 16.6. The Kier molecular flexibility index (Phi) is 4.02. The average Bonchev–Trinajstić information content (AvgIpc) is 3.28. The van der Waals surface area contributed by atoms with Gasteiger partial charge in [0.05, 0.1) is 23.2 Å². The molecule has 1 fully saturated rings. The number of aryl methyl sites for hydroxylation is 1. The lowest BCUT2D eigenvalue weighted by atomic mass is 10.1. The highest BCUT2D eigenvalue weighted by Crippen LogP contribution is 2.40. The van der Waals surface area contributed by atoms with Crippen LogP contribution in [0.3, 0.4) is 0 Å². The van der Waals surface area contributed by atoms with E-state index in [0.717, 1.165) is 18.5 Å². The van der Waals surface area contributed by atoms with E-state index >= 15 is 0 Å². The van der Waals surface area contributed by atoms with Crippen molar-refractivity contribution in [3.8, 4) is 0 Å². The molecular weight excluding hydrogens is 296 g/mol. The largest absolute Gasteiger partial charge is 0.352 e. The van der Waals surface area contributed by atoms with Crippen LogP contribution in [0, 0.1) is 6.92 Å². The molecule has 0 aliphatic heterocycles. The van der Waals surface area contributed by atoms with Gasteiger partial charge < -0.3 is 15.2 Å². The lowest BCUT2D eigenvalue weighted by molar-refractivity contribution is -0.120. The first-order valence-corrected chi connectivity index (χ1v) is 7.80. The number of amides is 2. The van der Waals surface area contributed by atoms with Crippen molar-refractivity contribution in [1.82, 2.24) is 20.8 Å². The van der Waals surface area contributed by atoms with Crippen LogP contribution in [0.2, 0.25) is 0 Å². The quantitative estimate of drug-likeness (QED) is 0.874. The first-order chi connectivity index (χ1) is 11.0. The third-order valence-corrected chi connectivity index (χ3v) is 3.74. The van der Waals surface area contributed by atoms with E-state index in [4.69, 9.17) is 4.52 Å². The van der Waals surface area contributed by atoms with Gasteiger partial charge >= 0.3 is 0 Å². The number of pyridine rings is 1. The molecule has 2 N–H and O–H groups in total. The van der Waals surface area contributed by atoms with Crippen LogP contribution in [-0.2, 0) is 4.79 Å². The maximum Gasteiger partial charge on any atom is 0.259 e. The van der Waals surface area contributed by atoms with Gasteiger partial charge in [-0.05, 0) is 39.7 Å². The summed E-state index contributed by atoms with van der Waals surface area (Å²) in [5.41, 5.74) is 2.31. The molecule has 23 heavy (non-hydrogen) atoms. The molecule has 1 aliphatic carbocycles. The fourth-order valence-corrected chi connectivity index (χ4v) is 2.51. The first-order valence-electron chi connectivity index (χ1n) is 7.80. The van der Waals surface area contributed by atoms with Crippen LogP contribution >= 0.6 is 0 Å². The van der Waals surface area contributed by atoms with Gasteiger partial charge in [0.15, 0.2) is 0 Å². The molecule has 1 saturated carbocycles. The van der Waals surface area contributed by atoms with E-state index in [-0.39, 0.29) is 24.4 Å². The Morgan fingerprint density at radius 2 is 2.13 bits per heavy atom. The van der Waals surface area contributed by atoms with Gasteiger partial charge in [0, 0.05) is 17.7 Å². The molecule has 0 atom stereocenters. The van der Waals surface area contributed by atoms with Gasteiger partial charge in [-0.1, -0.05) is 5.16 Å². The monoisotopic (exact) mass is 316 g/mol. The molecule has 0 aromatic carbocycles. The molecule has 0 radical (unpaired) electrons. The maximum absolute atomic E-state index is 12.5. The van der Waals surface area contributed by atoms with Gasteiger partial charge in [-0.15, -0.1) is 0 Å². The van der Waals surface area contributed by atoms with Crippen LogP contribution in [0.25, 0.3) is 11.1 Å². The van der Waals surface area contributed by atoms with Gasteiger partial charge in [-0.3, -0.25) is 9.59 Å². The van der Waals surface area contributed by atoms with Crippen molar-refractivity contribution in [3.63, 3.8) is 0 Å². The molecule has 0 unspecified atom stereocenters. The molecule has 2 heterocycles. The summed E-state index contributed by atoms with van der Waals surface area (Å²) in [6.07, 6.45) is 2.15. The van der Waals surface area contributed by atoms with Crippen molar-refractivity contribution in [2.45, 2.75) is 45.6 Å². The number of rotatable bonds is 5. The second kappa shape index (κ2) is 5.98. The van der Waals surface area contributed by atoms with Crippen LogP contribution in [0.4, 0.5) is 0 Å². The molecular formula is C16H20N4O3. The summed E-state index contributed by atoms with van der Waals surface area (Å²) in [6, 6.07) is 1.83. The minimum Gasteiger partial charge on any atom is -0.352 e. The summed E-state index contributed by atoms with van der Waals surface area (Å²) >= 11 is 0. The molecule has 7 nitrogen and oxygen atoms in total. The highest BCUT2D eigenvalue weighted by molar-refractivity contribution is 6.06. The predicted molar refractivity (Wildman–Crippen MR) is 84.1 cm³/mol. The number of hydrogen-bond acceptors (Lipinski definition) is 5. The summed E-state index contributed by atoms with van der Waals surface area (Å²) in [7, 11) is 0. The lowest BCUT2D eigenvalue weighted by Crippen LogP contribution is -2.39. The Bertz CT molecular complexity index is 762. The van der Waals surface area contributed by atoms with E-state index in [1.807, 2.05) is 13.8 Å². The molecule has 0 bridgehead atoms. The Morgan fingerprint density at radius 3 is 2.78 bits per heavy atom. The smallest absolute Gasteiger partial charge is 0.259 e. The second-order valence-corrected chi connectivity index (χ2v) is 6.22. The third-order valence-electron chi connectivity index (χ3n) is 3.74. The topological polar surface area (TPSA) is 97.1 Å². The highest BCUT2D eigenvalue weighted by Gasteiger charge is 2.28. The van der Waals surface area contributed by atoms with Crippen molar-refractivity contribution in [1.29, 1.82) is 0 Å². The molecule has 2 amide bonds. The minimum atomic E-state index is -0.315. The van der Waals surface area contributed by atoms with E-state index < -0.39 is 0 Å². The number of aromatic nitrogens is 2. The predicted octanol–water partition coefficient (Wildman–Crippen LogP) is 1.66. The molecule has 2 aromatic heterocycles. The lowest BCUT2D eigenvalue weighted by Gasteiger charge is -2.10. The van der Waals surface area contributed by atoms with Crippen molar-refractivity contribution >= 4 is 22.9 Å². The number of hydrogen-bond donors (Lipinski definition) is 2. The van der Waals surface area contributed by atoms with Crippen molar-refractivity contribution in [3.05, 3.63) is 23.0 Å². The van der Waals surface area contributed by atoms with Crippen LogP contribution in [-0.4, -0.2) is 34.5 Å². The number of nitrogens with zero attached hydrogens (tertiary/aromatic N) is 2. The zero-order valence-corrected chi connectivity index (χ0v) is 13.5. The Labute approximate surface area is 133 Å². The van der Waals surface area contributed by atoms with Gasteiger partial charge in [-0.2, -0.15) is 0 Å². The zero-order valence-electron chi connectivity index (χ0n) is 13.5. The number of carbonyl (C=O) groups is 2. The van der Waals surface area contributed by atoms with Crippen molar-refractivity contribution in [2.24, 2.45) is 0 Å². The third kappa shape index (κ3) is 3.33. The van der Waals surface area contributed by atoms with E-state index in [2.05, 4.69) is 20.8 Å². The molecule has 0 saturated heterocycles. The van der Waals surface area contributed by atoms with E-state index in [1.54, 1.807) is 13.0 Å². The van der Waals surface area contributed by atoms with Crippen molar-refractivity contribution < 1.29 is 14.1 Å². The molecule has 122 valence electrons. The molecule has 2 aromatic rings. The summed E-state index contributed by atoms with van der Waals surface area (Å²) < 4.78 is 5.22. The average molecular weight is 316 g/mol. The Morgan fingerprint density at radius 1 is 1.39 bits per heavy atom. The molecule has 1 aliphatic rings. The summed E-state index contributed by atoms with van der Waals surface area (Å²) in [6.45, 7) is 5.44.